The molecule has 2 fully saturated rings. The summed E-state index contributed by atoms with van der Waals surface area (Å²) >= 11 is 0. The predicted molar refractivity (Wildman–Crippen MR) is 80.4 cm³/mol. The van der Waals surface area contributed by atoms with Crippen LogP contribution >= 0.6 is 0 Å². The van der Waals surface area contributed by atoms with E-state index in [1.165, 1.54) is 4.90 Å². The van der Waals surface area contributed by atoms with E-state index in [2.05, 4.69) is 13.8 Å². The van der Waals surface area contributed by atoms with Gasteiger partial charge in [0.1, 0.15) is 11.3 Å². The lowest BCUT2D eigenvalue weighted by molar-refractivity contribution is -0.147. The van der Waals surface area contributed by atoms with Crippen LogP contribution in [-0.4, -0.2) is 46.0 Å². The fourth-order valence-corrected chi connectivity index (χ4v) is 3.15. The van der Waals surface area contributed by atoms with E-state index in [4.69, 9.17) is 9.47 Å². The maximum absolute atomic E-state index is 12.6. The third-order valence-electron chi connectivity index (χ3n) is 4.52. The number of carbonyl (C=O) groups excluding carboxylic acids is 1. The summed E-state index contributed by atoms with van der Waals surface area (Å²) < 4.78 is 11.3. The van der Waals surface area contributed by atoms with E-state index in [-0.39, 0.29) is 12.0 Å². The molecule has 2 aliphatic rings. The lowest BCUT2D eigenvalue weighted by atomic mass is 9.73. The maximum Gasteiger partial charge on any atom is 0.413 e. The number of carbonyl (C=O) groups is 2. The van der Waals surface area contributed by atoms with Crippen molar-refractivity contribution < 1.29 is 24.2 Å². The molecule has 0 aromatic carbocycles. The minimum Gasteiger partial charge on any atom is -0.480 e. The molecule has 1 saturated carbocycles. The first-order valence-electron chi connectivity index (χ1n) is 7.85. The van der Waals surface area contributed by atoms with Crippen LogP contribution in [0.1, 0.15) is 60.3 Å². The van der Waals surface area contributed by atoms with Crippen LogP contribution in [0.5, 0.6) is 0 Å². The molecule has 6 heteroatoms. The number of amides is 1. The summed E-state index contributed by atoms with van der Waals surface area (Å²) in [4.78, 5) is 25.4. The van der Waals surface area contributed by atoms with Gasteiger partial charge in [-0.25, -0.2) is 9.59 Å². The molecule has 0 aromatic heterocycles. The van der Waals surface area contributed by atoms with Gasteiger partial charge in [-0.2, -0.15) is 0 Å². The zero-order valence-corrected chi connectivity index (χ0v) is 14.1. The number of nitrogens with zero attached hydrogens (tertiary/aromatic N) is 1. The summed E-state index contributed by atoms with van der Waals surface area (Å²) in [7, 11) is 0. The molecule has 0 bridgehead atoms. The van der Waals surface area contributed by atoms with Crippen molar-refractivity contribution in [2.45, 2.75) is 77.7 Å². The Labute approximate surface area is 131 Å². The largest absolute Gasteiger partial charge is 0.480 e. The number of carboxylic acid groups (broad SMARTS) is 1. The molecule has 1 amide bonds. The van der Waals surface area contributed by atoms with E-state index in [9.17, 15) is 14.7 Å². The molecule has 1 saturated heterocycles. The highest BCUT2D eigenvalue weighted by Crippen LogP contribution is 2.47. The molecule has 1 heterocycles. The number of aliphatic carboxylic acids is 1. The Morgan fingerprint density at radius 2 is 1.73 bits per heavy atom. The first-order valence-corrected chi connectivity index (χ1v) is 7.85. The van der Waals surface area contributed by atoms with Crippen LogP contribution < -0.4 is 0 Å². The van der Waals surface area contributed by atoms with Gasteiger partial charge in [0, 0.05) is 0 Å². The number of rotatable bonds is 1. The molecule has 1 spiro atoms. The minimum absolute atomic E-state index is 0.0228. The third-order valence-corrected chi connectivity index (χ3v) is 4.52. The summed E-state index contributed by atoms with van der Waals surface area (Å²) in [5, 5.41) is 9.42. The van der Waals surface area contributed by atoms with Crippen molar-refractivity contribution in [2.24, 2.45) is 5.41 Å². The maximum atomic E-state index is 12.6. The predicted octanol–water partition coefficient (Wildman–Crippen LogP) is 3.00. The van der Waals surface area contributed by atoms with Crippen molar-refractivity contribution in [1.82, 2.24) is 4.90 Å². The molecule has 1 atom stereocenters. The van der Waals surface area contributed by atoms with Gasteiger partial charge in [0.2, 0.25) is 0 Å². The first-order chi connectivity index (χ1) is 9.96. The zero-order valence-electron chi connectivity index (χ0n) is 14.1. The highest BCUT2D eigenvalue weighted by molar-refractivity contribution is 5.81. The molecule has 22 heavy (non-hydrogen) atoms. The van der Waals surface area contributed by atoms with E-state index in [0.29, 0.717) is 12.8 Å². The second-order valence-electron chi connectivity index (χ2n) is 8.13. The Bertz CT molecular complexity index is 456. The Morgan fingerprint density at radius 3 is 2.18 bits per heavy atom. The van der Waals surface area contributed by atoms with Crippen molar-refractivity contribution in [3.8, 4) is 0 Å². The molecule has 6 nitrogen and oxygen atoms in total. The fraction of sp³-hybridized carbons (Fsp3) is 0.875. The lowest BCUT2D eigenvalue weighted by Crippen LogP contribution is -2.56. The molecule has 1 N–H and O–H groups in total. The summed E-state index contributed by atoms with van der Waals surface area (Å²) in [6.45, 7) is 9.70. The normalized spacial score (nSPS) is 27.0. The molecule has 1 unspecified atom stereocenters. The number of hydrogen-bond donors (Lipinski definition) is 1. The SMILES string of the molecule is CC1(C)CCC2(CC1)OCC(C(=O)O)N2C(=O)OC(C)(C)C. The zero-order chi connectivity index (χ0) is 16.8. The molecule has 0 aromatic rings. The van der Waals surface area contributed by atoms with Crippen LogP contribution in [0.15, 0.2) is 0 Å². The summed E-state index contributed by atoms with van der Waals surface area (Å²) in [6, 6.07) is -0.976. The molecular formula is C16H27NO5. The smallest absolute Gasteiger partial charge is 0.413 e. The monoisotopic (exact) mass is 313 g/mol. The van der Waals surface area contributed by atoms with Gasteiger partial charge in [0.05, 0.1) is 6.61 Å². The molecule has 0 radical (unpaired) electrons. The van der Waals surface area contributed by atoms with E-state index in [0.717, 1.165) is 12.8 Å². The molecular weight excluding hydrogens is 286 g/mol. The Kier molecular flexibility index (Phi) is 4.19. The number of hydrogen-bond acceptors (Lipinski definition) is 4. The van der Waals surface area contributed by atoms with Crippen LogP contribution in [-0.2, 0) is 14.3 Å². The molecule has 1 aliphatic carbocycles. The van der Waals surface area contributed by atoms with E-state index >= 15 is 0 Å². The van der Waals surface area contributed by atoms with Gasteiger partial charge in [-0.05, 0) is 51.9 Å². The van der Waals surface area contributed by atoms with E-state index in [1.807, 2.05) is 0 Å². The van der Waals surface area contributed by atoms with Crippen molar-refractivity contribution in [3.63, 3.8) is 0 Å². The van der Waals surface area contributed by atoms with Crippen molar-refractivity contribution in [2.75, 3.05) is 6.61 Å². The van der Waals surface area contributed by atoms with Crippen molar-refractivity contribution in [3.05, 3.63) is 0 Å². The van der Waals surface area contributed by atoms with Crippen LogP contribution in [0, 0.1) is 5.41 Å². The second kappa shape index (κ2) is 5.41. The van der Waals surface area contributed by atoms with Crippen LogP contribution in [0.3, 0.4) is 0 Å². The number of carboxylic acids is 1. The first kappa shape index (κ1) is 17.1. The van der Waals surface area contributed by atoms with Gasteiger partial charge < -0.3 is 14.6 Å². The Balaban J connectivity index is 2.26. The summed E-state index contributed by atoms with van der Waals surface area (Å²) in [5.74, 6) is -1.05. The number of ether oxygens (including phenoxy) is 2. The quantitative estimate of drug-likeness (QED) is 0.805. The van der Waals surface area contributed by atoms with Gasteiger partial charge in [0.15, 0.2) is 6.04 Å². The second-order valence-corrected chi connectivity index (χ2v) is 8.13. The third kappa shape index (κ3) is 3.37. The van der Waals surface area contributed by atoms with Gasteiger partial charge in [-0.15, -0.1) is 0 Å². The Hall–Kier alpha value is -1.30. The summed E-state index contributed by atoms with van der Waals surface area (Å²) in [5.41, 5.74) is -1.31. The minimum atomic E-state index is -1.05. The summed E-state index contributed by atoms with van der Waals surface area (Å²) in [6.07, 6.45) is 2.46. The van der Waals surface area contributed by atoms with Crippen LogP contribution in [0.4, 0.5) is 4.79 Å². The van der Waals surface area contributed by atoms with E-state index in [1.54, 1.807) is 20.8 Å². The highest BCUT2D eigenvalue weighted by Gasteiger charge is 2.56. The van der Waals surface area contributed by atoms with Crippen LogP contribution in [0.2, 0.25) is 0 Å². The fourth-order valence-electron chi connectivity index (χ4n) is 3.15. The van der Waals surface area contributed by atoms with Crippen molar-refractivity contribution in [1.29, 1.82) is 0 Å². The molecule has 2 rings (SSSR count). The van der Waals surface area contributed by atoms with Crippen molar-refractivity contribution >= 4 is 12.1 Å². The Morgan fingerprint density at radius 1 is 1.18 bits per heavy atom. The molecule has 126 valence electrons. The standard InChI is InChI=1S/C16H27NO5/c1-14(2,3)22-13(20)17-11(12(18)19)10-21-16(17)8-6-15(4,5)7-9-16/h11H,6-10H2,1-5H3,(H,18,19). The average Bonchev–Trinajstić information content (AvgIpc) is 2.71. The van der Waals surface area contributed by atoms with Crippen LogP contribution in [0.25, 0.3) is 0 Å². The highest BCUT2D eigenvalue weighted by atomic mass is 16.6. The average molecular weight is 313 g/mol. The van der Waals surface area contributed by atoms with E-state index < -0.39 is 29.4 Å². The van der Waals surface area contributed by atoms with Gasteiger partial charge in [-0.3, -0.25) is 4.90 Å². The van der Waals surface area contributed by atoms with Gasteiger partial charge >= 0.3 is 12.1 Å². The van der Waals surface area contributed by atoms with Gasteiger partial charge in [-0.1, -0.05) is 13.8 Å². The lowest BCUT2D eigenvalue weighted by Gasteiger charge is -2.45. The topological polar surface area (TPSA) is 76.1 Å². The van der Waals surface area contributed by atoms with Gasteiger partial charge in [0.25, 0.3) is 0 Å². The molecule has 1 aliphatic heterocycles.